The van der Waals surface area contributed by atoms with Gasteiger partial charge in [0, 0.05) is 22.8 Å². The molecule has 2 N–H and O–H groups in total. The Bertz CT molecular complexity index is 1220. The van der Waals surface area contributed by atoms with Crippen LogP contribution in [0.25, 0.3) is 12.2 Å². The van der Waals surface area contributed by atoms with Gasteiger partial charge in [-0.25, -0.2) is 14.8 Å². The number of allylic oxidation sites excluding steroid dienone is 5. The Hall–Kier alpha value is -3.67. The smallest absolute Gasteiger partial charge is 0.336 e. The minimum atomic E-state index is -0.975. The lowest BCUT2D eigenvalue weighted by molar-refractivity contribution is -0.145. The van der Waals surface area contributed by atoms with E-state index in [-0.39, 0.29) is 5.97 Å². The van der Waals surface area contributed by atoms with Gasteiger partial charge >= 0.3 is 5.97 Å². The quantitative estimate of drug-likeness (QED) is 0.729. The number of aromatic nitrogens is 1. The standard InChI is InChI=1S/C22H18N4O2/c1-28-21(27)22-9-8-19(26-22)12-18-5-4-15(24-18)10-14-2-3-16(23-14)11-17-6-7-20(13-22)25-17/h2-8,10-13,23,26H,9H2,1H3. The monoisotopic (exact) mass is 370 g/mol. The molecule has 1 unspecified atom stereocenters. The van der Waals surface area contributed by atoms with Crippen LogP contribution in [0.2, 0.25) is 0 Å². The van der Waals surface area contributed by atoms with Crippen LogP contribution in [0, 0.1) is 0 Å². The molecule has 0 aromatic carbocycles. The normalized spacial score (nSPS) is 24.2. The molecule has 28 heavy (non-hydrogen) atoms. The maximum absolute atomic E-state index is 12.6. The van der Waals surface area contributed by atoms with Crippen LogP contribution in [0.1, 0.15) is 6.42 Å². The van der Waals surface area contributed by atoms with E-state index in [0.717, 1.165) is 39.2 Å². The van der Waals surface area contributed by atoms with Crippen molar-refractivity contribution in [3.05, 3.63) is 82.5 Å². The Morgan fingerprint density at radius 2 is 1.68 bits per heavy atom. The highest BCUT2D eigenvalue weighted by molar-refractivity contribution is 6.20. The van der Waals surface area contributed by atoms with Gasteiger partial charge < -0.3 is 15.0 Å². The van der Waals surface area contributed by atoms with E-state index in [4.69, 9.17) is 4.74 Å². The molecule has 4 aliphatic rings. The molecule has 0 radical (unpaired) electrons. The number of nitrogens with one attached hydrogen (secondary N) is 2. The van der Waals surface area contributed by atoms with Crippen LogP contribution < -0.4 is 16.0 Å². The van der Waals surface area contributed by atoms with E-state index in [1.165, 1.54) is 7.11 Å². The number of nitrogens with zero attached hydrogens (tertiary/aromatic N) is 2. The predicted molar refractivity (Wildman–Crippen MR) is 109 cm³/mol. The highest BCUT2D eigenvalue weighted by Crippen LogP contribution is 2.29. The molecule has 0 fully saturated rings. The van der Waals surface area contributed by atoms with Gasteiger partial charge in [-0.15, -0.1) is 0 Å². The van der Waals surface area contributed by atoms with Gasteiger partial charge in [-0.2, -0.15) is 0 Å². The largest absolute Gasteiger partial charge is 0.467 e. The van der Waals surface area contributed by atoms with Crippen LogP contribution in [0.15, 0.2) is 81.7 Å². The van der Waals surface area contributed by atoms with Gasteiger partial charge in [0.05, 0.1) is 29.9 Å². The van der Waals surface area contributed by atoms with Crippen molar-refractivity contribution in [1.82, 2.24) is 10.3 Å². The zero-order chi connectivity index (χ0) is 19.1. The Morgan fingerprint density at radius 3 is 2.39 bits per heavy atom. The minimum Gasteiger partial charge on any atom is -0.467 e. The summed E-state index contributed by atoms with van der Waals surface area (Å²) >= 11 is 0. The number of fused-ring (bicyclic) bond motifs is 6. The molecule has 6 nitrogen and oxygen atoms in total. The van der Waals surface area contributed by atoms with E-state index < -0.39 is 5.54 Å². The Balaban J connectivity index is 1.67. The first-order chi connectivity index (χ1) is 13.6. The Kier molecular flexibility index (Phi) is 3.65. The zero-order valence-corrected chi connectivity index (χ0v) is 15.3. The second-order valence-corrected chi connectivity index (χ2v) is 6.99. The minimum absolute atomic E-state index is 0.347. The van der Waals surface area contributed by atoms with Crippen molar-refractivity contribution < 1.29 is 9.53 Å². The van der Waals surface area contributed by atoms with Crippen molar-refractivity contribution in [3.8, 4) is 0 Å². The Labute approximate surface area is 161 Å². The molecule has 138 valence electrons. The van der Waals surface area contributed by atoms with Crippen LogP contribution >= 0.6 is 0 Å². The molecule has 0 amide bonds. The molecule has 1 aromatic heterocycles. The van der Waals surface area contributed by atoms with E-state index >= 15 is 0 Å². The summed E-state index contributed by atoms with van der Waals surface area (Å²) in [5, 5.41) is 5.23. The average Bonchev–Trinajstić information content (AvgIpc) is 3.46. The molecule has 5 heterocycles. The van der Waals surface area contributed by atoms with Gasteiger partial charge in [0.2, 0.25) is 0 Å². The van der Waals surface area contributed by atoms with Gasteiger partial charge in [0.25, 0.3) is 0 Å². The van der Waals surface area contributed by atoms with Crippen molar-refractivity contribution in [2.24, 2.45) is 9.98 Å². The fourth-order valence-electron chi connectivity index (χ4n) is 3.63. The third-order valence-corrected chi connectivity index (χ3v) is 4.96. The number of esters is 1. The molecular weight excluding hydrogens is 352 g/mol. The summed E-state index contributed by atoms with van der Waals surface area (Å²) in [4.78, 5) is 25.2. The topological polar surface area (TPSA) is 78.8 Å². The number of aromatic amines is 1. The lowest BCUT2D eigenvalue weighted by Gasteiger charge is -2.24. The first kappa shape index (κ1) is 16.5. The first-order valence-electron chi connectivity index (χ1n) is 9.05. The molecule has 1 atom stereocenters. The molecule has 4 aliphatic heterocycles. The predicted octanol–water partition coefficient (Wildman–Crippen LogP) is 1.17. The van der Waals surface area contributed by atoms with Crippen LogP contribution in [0.4, 0.5) is 0 Å². The molecule has 5 rings (SSSR count). The van der Waals surface area contributed by atoms with E-state index in [1.807, 2.05) is 66.8 Å². The molecular formula is C22H18N4O2. The molecule has 1 aromatic rings. The van der Waals surface area contributed by atoms with Gasteiger partial charge in [-0.05, 0) is 60.7 Å². The summed E-state index contributed by atoms with van der Waals surface area (Å²) in [5.74, 6) is -0.347. The highest BCUT2D eigenvalue weighted by atomic mass is 16.5. The summed E-state index contributed by atoms with van der Waals surface area (Å²) in [6.07, 6.45) is 17.9. The van der Waals surface area contributed by atoms with Gasteiger partial charge in [-0.1, -0.05) is 6.08 Å². The van der Waals surface area contributed by atoms with E-state index in [0.29, 0.717) is 6.42 Å². The van der Waals surface area contributed by atoms with Crippen LogP contribution in [0.3, 0.4) is 0 Å². The van der Waals surface area contributed by atoms with E-state index in [2.05, 4.69) is 20.3 Å². The SMILES string of the molecule is COC(=O)C12C=C3C=CC(=N3)C=c3ccc([nH]3)=CC3=NC(=CC(=CC1)N2)C=C3. The van der Waals surface area contributed by atoms with Gasteiger partial charge in [0.1, 0.15) is 0 Å². The number of hydrogen-bond donors (Lipinski definition) is 2. The fourth-order valence-corrected chi connectivity index (χ4v) is 3.63. The first-order valence-corrected chi connectivity index (χ1v) is 9.05. The summed E-state index contributed by atoms with van der Waals surface area (Å²) in [6.45, 7) is 0. The molecule has 8 bridgehead atoms. The summed E-state index contributed by atoms with van der Waals surface area (Å²) in [5.41, 5.74) is 3.09. The zero-order valence-electron chi connectivity index (χ0n) is 15.3. The third-order valence-electron chi connectivity index (χ3n) is 4.96. The highest BCUT2D eigenvalue weighted by Gasteiger charge is 2.41. The summed E-state index contributed by atoms with van der Waals surface area (Å²) in [7, 11) is 1.40. The molecule has 0 spiro atoms. The van der Waals surface area contributed by atoms with Crippen molar-refractivity contribution >= 4 is 29.5 Å². The number of H-pyrrole nitrogens is 1. The number of carbonyl (C=O) groups excluding carboxylic acids is 1. The Morgan fingerprint density at radius 1 is 1.00 bits per heavy atom. The molecule has 0 saturated heterocycles. The van der Waals surface area contributed by atoms with Crippen molar-refractivity contribution in [1.29, 1.82) is 0 Å². The molecule has 0 saturated carbocycles. The van der Waals surface area contributed by atoms with Gasteiger partial charge in [0.15, 0.2) is 5.54 Å². The second-order valence-electron chi connectivity index (χ2n) is 6.99. The maximum Gasteiger partial charge on any atom is 0.336 e. The van der Waals surface area contributed by atoms with E-state index in [9.17, 15) is 4.79 Å². The number of methoxy groups -OCH3 is 1. The van der Waals surface area contributed by atoms with E-state index in [1.54, 1.807) is 0 Å². The summed E-state index contributed by atoms with van der Waals surface area (Å²) in [6, 6.07) is 4.01. The lowest BCUT2D eigenvalue weighted by Crippen LogP contribution is -2.47. The maximum atomic E-state index is 12.6. The second kappa shape index (κ2) is 6.20. The van der Waals surface area contributed by atoms with Crippen LogP contribution in [-0.4, -0.2) is 35.0 Å². The van der Waals surface area contributed by atoms with Crippen molar-refractivity contribution in [2.75, 3.05) is 7.11 Å². The number of carbonyl (C=O) groups is 1. The van der Waals surface area contributed by atoms with Crippen molar-refractivity contribution in [3.63, 3.8) is 0 Å². The number of aliphatic imine (C=N–C) groups is 2. The lowest BCUT2D eigenvalue weighted by atomic mass is 9.96. The molecule has 6 heteroatoms. The van der Waals surface area contributed by atoms with Crippen LogP contribution in [-0.2, 0) is 9.53 Å². The number of hydrogen-bond acceptors (Lipinski definition) is 5. The third kappa shape index (κ3) is 2.89. The fraction of sp³-hybridized carbons (Fsp3) is 0.136. The summed E-state index contributed by atoms with van der Waals surface area (Å²) < 4.78 is 5.07. The van der Waals surface area contributed by atoms with Gasteiger partial charge in [-0.3, -0.25) is 0 Å². The van der Waals surface area contributed by atoms with Crippen LogP contribution in [0.5, 0.6) is 0 Å². The number of ether oxygens (including phenoxy) is 1. The van der Waals surface area contributed by atoms with Crippen molar-refractivity contribution in [2.45, 2.75) is 12.0 Å². The average molecular weight is 370 g/mol. The number of rotatable bonds is 1. The molecule has 0 aliphatic carbocycles.